The van der Waals surface area contributed by atoms with E-state index in [1.165, 1.54) is 122 Å². The molecule has 6 nitrogen and oxygen atoms in total. The third-order valence-electron chi connectivity index (χ3n) is 8.15. The van der Waals surface area contributed by atoms with Crippen molar-refractivity contribution in [2.24, 2.45) is 0 Å². The molecule has 0 rings (SSSR count). The second-order valence-corrected chi connectivity index (χ2v) is 12.6. The first-order valence-corrected chi connectivity index (χ1v) is 18.8. The summed E-state index contributed by atoms with van der Waals surface area (Å²) in [5.41, 5.74) is 0. The highest BCUT2D eigenvalue weighted by molar-refractivity contribution is 5.82. The Morgan fingerprint density at radius 3 is 1.16 bits per heavy atom. The summed E-state index contributed by atoms with van der Waals surface area (Å²) < 4.78 is 16.2. The van der Waals surface area contributed by atoms with E-state index in [0.29, 0.717) is 12.8 Å². The Hall–Kier alpha value is -2.11. The first-order valence-electron chi connectivity index (χ1n) is 18.8. The van der Waals surface area contributed by atoms with Gasteiger partial charge in [0.05, 0.1) is 0 Å². The maximum absolute atomic E-state index is 12.3. The summed E-state index contributed by atoms with van der Waals surface area (Å²) in [6.45, 7) is 6.11. The van der Waals surface area contributed by atoms with Crippen LogP contribution in [-0.4, -0.2) is 37.2 Å². The minimum absolute atomic E-state index is 0.119. The molecule has 0 fully saturated rings. The van der Waals surface area contributed by atoms with E-state index in [4.69, 9.17) is 14.2 Å². The number of carbonyl (C=O) groups is 3. The molecule has 0 aliphatic rings. The molecule has 0 aromatic rings. The highest BCUT2D eigenvalue weighted by Gasteiger charge is 2.18. The van der Waals surface area contributed by atoms with E-state index in [1.807, 2.05) is 6.92 Å². The molecule has 0 saturated heterocycles. The van der Waals surface area contributed by atoms with Crippen molar-refractivity contribution in [3.05, 3.63) is 24.3 Å². The molecule has 0 amide bonds. The van der Waals surface area contributed by atoms with Gasteiger partial charge in [-0.2, -0.15) is 0 Å². The molecule has 0 bridgehead atoms. The number of hydrogen-bond acceptors (Lipinski definition) is 6. The van der Waals surface area contributed by atoms with Crippen LogP contribution in [0.15, 0.2) is 24.3 Å². The topological polar surface area (TPSA) is 78.9 Å². The molecule has 0 heterocycles. The molecule has 0 aromatic heterocycles. The molecular formula is C39H70O6. The van der Waals surface area contributed by atoms with Crippen molar-refractivity contribution in [1.29, 1.82) is 0 Å². The SMILES string of the molecule is CC=CC=CC(=O)OC(COC(=O)CCCCCCCCCCCCC)COC(=O)CCCCCCCCCCCCCCC. The molecule has 0 aliphatic carbocycles. The molecule has 0 radical (unpaired) electrons. The Kier molecular flexibility index (Phi) is 33.1. The fourth-order valence-electron chi connectivity index (χ4n) is 5.30. The zero-order valence-electron chi connectivity index (χ0n) is 29.6. The zero-order valence-corrected chi connectivity index (χ0v) is 29.6. The van der Waals surface area contributed by atoms with E-state index < -0.39 is 12.1 Å². The third-order valence-corrected chi connectivity index (χ3v) is 8.15. The van der Waals surface area contributed by atoms with Gasteiger partial charge in [0.2, 0.25) is 0 Å². The van der Waals surface area contributed by atoms with Gasteiger partial charge in [0.1, 0.15) is 13.2 Å². The van der Waals surface area contributed by atoms with Crippen LogP contribution in [0, 0.1) is 0 Å². The molecular weight excluding hydrogens is 564 g/mol. The Balaban J connectivity index is 4.13. The number of carbonyl (C=O) groups excluding carboxylic acids is 3. The largest absolute Gasteiger partial charge is 0.462 e. The van der Waals surface area contributed by atoms with Gasteiger partial charge in [-0.05, 0) is 19.8 Å². The van der Waals surface area contributed by atoms with Gasteiger partial charge in [0, 0.05) is 18.9 Å². The van der Waals surface area contributed by atoms with Crippen molar-refractivity contribution < 1.29 is 28.6 Å². The average Bonchev–Trinajstić information content (AvgIpc) is 3.03. The van der Waals surface area contributed by atoms with E-state index in [1.54, 1.807) is 18.2 Å². The summed E-state index contributed by atoms with van der Waals surface area (Å²) in [6, 6.07) is 0. The van der Waals surface area contributed by atoms with Crippen LogP contribution in [0.5, 0.6) is 0 Å². The number of unbranched alkanes of at least 4 members (excludes halogenated alkanes) is 22. The second kappa shape index (κ2) is 34.8. The summed E-state index contributed by atoms with van der Waals surface area (Å²) in [6.07, 6.45) is 35.9. The van der Waals surface area contributed by atoms with Crippen LogP contribution in [0.25, 0.3) is 0 Å². The number of allylic oxidation sites excluding steroid dienone is 3. The molecule has 1 unspecified atom stereocenters. The molecule has 1 atom stereocenters. The third kappa shape index (κ3) is 33.1. The molecule has 0 aromatic carbocycles. The predicted octanol–water partition coefficient (Wildman–Crippen LogP) is 11.3. The maximum atomic E-state index is 12.3. The Morgan fingerprint density at radius 1 is 0.489 bits per heavy atom. The summed E-state index contributed by atoms with van der Waals surface area (Å²) in [5.74, 6) is -1.18. The summed E-state index contributed by atoms with van der Waals surface area (Å²) in [5, 5.41) is 0. The Labute approximate surface area is 277 Å². The van der Waals surface area contributed by atoms with Gasteiger partial charge in [0.25, 0.3) is 0 Å². The summed E-state index contributed by atoms with van der Waals surface area (Å²) in [4.78, 5) is 36.8. The average molecular weight is 635 g/mol. The first-order chi connectivity index (χ1) is 22.0. The van der Waals surface area contributed by atoms with Crippen LogP contribution in [-0.2, 0) is 28.6 Å². The van der Waals surface area contributed by atoms with Gasteiger partial charge in [-0.3, -0.25) is 9.59 Å². The number of hydrogen-bond donors (Lipinski definition) is 0. The fraction of sp³-hybridized carbons (Fsp3) is 0.821. The van der Waals surface area contributed by atoms with Gasteiger partial charge in [0.15, 0.2) is 6.10 Å². The van der Waals surface area contributed by atoms with Gasteiger partial charge >= 0.3 is 17.9 Å². The maximum Gasteiger partial charge on any atom is 0.331 e. The van der Waals surface area contributed by atoms with Crippen molar-refractivity contribution >= 4 is 17.9 Å². The predicted molar refractivity (Wildman–Crippen MR) is 187 cm³/mol. The molecule has 0 N–H and O–H groups in total. The fourth-order valence-corrected chi connectivity index (χ4v) is 5.30. The van der Waals surface area contributed by atoms with Crippen molar-refractivity contribution in [1.82, 2.24) is 0 Å². The quantitative estimate of drug-likeness (QED) is 0.0235. The lowest BCUT2D eigenvalue weighted by Crippen LogP contribution is -2.30. The van der Waals surface area contributed by atoms with Crippen molar-refractivity contribution in [2.75, 3.05) is 13.2 Å². The molecule has 0 saturated carbocycles. The standard InChI is InChI=1S/C39H70O6/c1-4-7-10-12-14-16-18-19-21-23-25-27-30-32-38(41)44-35-36(45-39(42)33-28-9-6-3)34-43-37(40)31-29-26-24-22-20-17-15-13-11-8-5-2/h6,9,28,33,36H,4-5,7-8,10-27,29-32,34-35H2,1-3H3. The van der Waals surface area contributed by atoms with Gasteiger partial charge < -0.3 is 14.2 Å². The van der Waals surface area contributed by atoms with Crippen LogP contribution in [0.2, 0.25) is 0 Å². The van der Waals surface area contributed by atoms with Gasteiger partial charge in [-0.25, -0.2) is 4.79 Å². The minimum atomic E-state index is -0.829. The lowest BCUT2D eigenvalue weighted by atomic mass is 10.0. The second-order valence-electron chi connectivity index (χ2n) is 12.6. The molecule has 0 aliphatic heterocycles. The van der Waals surface area contributed by atoms with E-state index in [9.17, 15) is 14.4 Å². The van der Waals surface area contributed by atoms with Crippen LogP contribution in [0.1, 0.15) is 188 Å². The molecule has 0 spiro atoms. The van der Waals surface area contributed by atoms with E-state index in [0.717, 1.165) is 38.5 Å². The Morgan fingerprint density at radius 2 is 0.822 bits per heavy atom. The smallest absolute Gasteiger partial charge is 0.331 e. The Bertz CT molecular complexity index is 744. The minimum Gasteiger partial charge on any atom is -0.462 e. The van der Waals surface area contributed by atoms with E-state index >= 15 is 0 Å². The van der Waals surface area contributed by atoms with Crippen LogP contribution in [0.4, 0.5) is 0 Å². The number of ether oxygens (including phenoxy) is 3. The normalized spacial score (nSPS) is 12.2. The van der Waals surface area contributed by atoms with Gasteiger partial charge in [-0.1, -0.05) is 173 Å². The monoisotopic (exact) mass is 635 g/mol. The van der Waals surface area contributed by atoms with E-state index in [-0.39, 0.29) is 25.2 Å². The van der Waals surface area contributed by atoms with Gasteiger partial charge in [-0.15, -0.1) is 0 Å². The molecule has 6 heteroatoms. The van der Waals surface area contributed by atoms with Crippen LogP contribution < -0.4 is 0 Å². The summed E-state index contributed by atoms with van der Waals surface area (Å²) >= 11 is 0. The highest BCUT2D eigenvalue weighted by Crippen LogP contribution is 2.14. The highest BCUT2D eigenvalue weighted by atomic mass is 16.6. The van der Waals surface area contributed by atoms with Crippen LogP contribution >= 0.6 is 0 Å². The van der Waals surface area contributed by atoms with Crippen LogP contribution in [0.3, 0.4) is 0 Å². The van der Waals surface area contributed by atoms with E-state index in [2.05, 4.69) is 13.8 Å². The van der Waals surface area contributed by atoms with Crippen molar-refractivity contribution in [3.8, 4) is 0 Å². The lowest BCUT2D eigenvalue weighted by molar-refractivity contribution is -0.163. The number of rotatable bonds is 33. The zero-order chi connectivity index (χ0) is 33.1. The van der Waals surface area contributed by atoms with Crippen molar-refractivity contribution in [3.63, 3.8) is 0 Å². The molecule has 262 valence electrons. The summed E-state index contributed by atoms with van der Waals surface area (Å²) in [7, 11) is 0. The first kappa shape index (κ1) is 42.9. The molecule has 45 heavy (non-hydrogen) atoms. The number of esters is 3. The van der Waals surface area contributed by atoms with Crippen molar-refractivity contribution in [2.45, 2.75) is 194 Å². The lowest BCUT2D eigenvalue weighted by Gasteiger charge is -2.17.